The molecule has 0 heterocycles. The van der Waals surface area contributed by atoms with Crippen LogP contribution in [0.25, 0.3) is 0 Å². The van der Waals surface area contributed by atoms with Crippen molar-refractivity contribution in [3.8, 4) is 5.75 Å². The van der Waals surface area contributed by atoms with Crippen molar-refractivity contribution in [3.63, 3.8) is 0 Å². The van der Waals surface area contributed by atoms with Crippen molar-refractivity contribution in [1.82, 2.24) is 0 Å². The second kappa shape index (κ2) is 7.82. The highest BCUT2D eigenvalue weighted by Gasteiger charge is 2.31. The van der Waals surface area contributed by atoms with E-state index in [-0.39, 0.29) is 17.4 Å². The fourth-order valence-corrected chi connectivity index (χ4v) is 2.50. The van der Waals surface area contributed by atoms with Crippen molar-refractivity contribution in [2.75, 3.05) is 11.6 Å². The summed E-state index contributed by atoms with van der Waals surface area (Å²) in [5.74, 6) is 0.588. The van der Waals surface area contributed by atoms with E-state index in [1.807, 2.05) is 26.0 Å². The van der Waals surface area contributed by atoms with Crippen LogP contribution in [0.2, 0.25) is 0 Å². The van der Waals surface area contributed by atoms with E-state index in [0.717, 1.165) is 35.0 Å². The number of alkyl halides is 3. The van der Waals surface area contributed by atoms with Crippen molar-refractivity contribution in [3.05, 3.63) is 58.7 Å². The molecule has 0 aliphatic heterocycles. The van der Waals surface area contributed by atoms with Gasteiger partial charge in [0.15, 0.2) is 0 Å². The third-order valence-corrected chi connectivity index (χ3v) is 4.04. The summed E-state index contributed by atoms with van der Waals surface area (Å²) < 4.78 is 44.6. The summed E-state index contributed by atoms with van der Waals surface area (Å²) in [6, 6.07) is 8.76. The average molecular weight is 369 g/mol. The number of hydrogen-bond donors (Lipinski definition) is 1. The van der Waals surface area contributed by atoms with E-state index >= 15 is 0 Å². The third kappa shape index (κ3) is 5.16. The zero-order valence-electron chi connectivity index (χ0n) is 14.0. The summed E-state index contributed by atoms with van der Waals surface area (Å²) >= 11 is 0.944. The predicted molar refractivity (Wildman–Crippen MR) is 94.2 cm³/mol. The molecule has 0 fully saturated rings. The van der Waals surface area contributed by atoms with Crippen LogP contribution < -0.4 is 10.1 Å². The Labute approximate surface area is 148 Å². The molecule has 0 aliphatic carbocycles. The Hall–Kier alpha value is -2.15. The number of benzene rings is 2. The van der Waals surface area contributed by atoms with Crippen LogP contribution in [0.1, 0.15) is 22.3 Å². The number of anilines is 1. The number of thioether (sulfide) groups is 1. The standard InChI is InChI=1S/C18H18F3NO2S/c1-11-4-7-16(12(2)8-11)24-10-13-9-14(18(19,20)21)5-6-15(13)22-17(23)25-3/h4-9H,10H2,1-3H3,(H,22,23). The molecule has 0 aliphatic rings. The van der Waals surface area contributed by atoms with Gasteiger partial charge in [0.25, 0.3) is 5.24 Å². The first-order chi connectivity index (χ1) is 11.7. The van der Waals surface area contributed by atoms with Gasteiger partial charge in [0.05, 0.1) is 5.56 Å². The Kier molecular flexibility index (Phi) is 6.00. The SMILES string of the molecule is CSC(=O)Nc1ccc(C(F)(F)F)cc1COc1ccc(C)cc1C. The quantitative estimate of drug-likeness (QED) is 0.741. The van der Waals surface area contributed by atoms with Gasteiger partial charge in [-0.1, -0.05) is 29.5 Å². The van der Waals surface area contributed by atoms with Gasteiger partial charge in [-0.25, -0.2) is 0 Å². The van der Waals surface area contributed by atoms with E-state index < -0.39 is 11.7 Å². The fourth-order valence-electron chi connectivity index (χ4n) is 2.29. The number of nitrogens with one attached hydrogen (secondary N) is 1. The fraction of sp³-hybridized carbons (Fsp3) is 0.278. The number of hydrogen-bond acceptors (Lipinski definition) is 3. The largest absolute Gasteiger partial charge is 0.489 e. The number of carbonyl (C=O) groups excluding carboxylic acids is 1. The van der Waals surface area contributed by atoms with Gasteiger partial charge in [0.1, 0.15) is 12.4 Å². The Balaban J connectivity index is 2.29. The van der Waals surface area contributed by atoms with Crippen LogP contribution in [-0.2, 0) is 12.8 Å². The number of amides is 1. The first kappa shape index (κ1) is 19.2. The highest BCUT2D eigenvalue weighted by atomic mass is 32.2. The molecule has 0 bridgehead atoms. The Morgan fingerprint density at radius 1 is 1.16 bits per heavy atom. The predicted octanol–water partition coefficient (Wildman–Crippen LogP) is 5.80. The van der Waals surface area contributed by atoms with Crippen LogP contribution in [0.5, 0.6) is 5.75 Å². The maximum Gasteiger partial charge on any atom is 0.416 e. The third-order valence-electron chi connectivity index (χ3n) is 3.57. The molecule has 25 heavy (non-hydrogen) atoms. The van der Waals surface area contributed by atoms with Gasteiger partial charge in [0.2, 0.25) is 0 Å². The summed E-state index contributed by atoms with van der Waals surface area (Å²) in [6.07, 6.45) is -2.87. The Morgan fingerprint density at radius 2 is 1.88 bits per heavy atom. The van der Waals surface area contributed by atoms with Gasteiger partial charge in [0, 0.05) is 11.3 Å². The topological polar surface area (TPSA) is 38.3 Å². The lowest BCUT2D eigenvalue weighted by Gasteiger charge is -2.16. The van der Waals surface area contributed by atoms with Gasteiger partial charge >= 0.3 is 6.18 Å². The van der Waals surface area contributed by atoms with Crippen LogP contribution in [0, 0.1) is 13.8 Å². The Morgan fingerprint density at radius 3 is 2.48 bits per heavy atom. The van der Waals surface area contributed by atoms with Crippen molar-refractivity contribution >= 4 is 22.7 Å². The molecule has 0 aromatic heterocycles. The number of rotatable bonds is 4. The molecule has 0 saturated carbocycles. The monoisotopic (exact) mass is 369 g/mol. The molecule has 0 unspecified atom stereocenters. The zero-order chi connectivity index (χ0) is 18.6. The molecular formula is C18H18F3NO2S. The van der Waals surface area contributed by atoms with E-state index in [9.17, 15) is 18.0 Å². The van der Waals surface area contributed by atoms with Crippen LogP contribution in [-0.4, -0.2) is 11.5 Å². The molecule has 3 nitrogen and oxygen atoms in total. The van der Waals surface area contributed by atoms with Gasteiger partial charge in [-0.05, 0) is 49.9 Å². The molecule has 2 aromatic carbocycles. The maximum atomic E-state index is 13.0. The van der Waals surface area contributed by atoms with Crippen LogP contribution in [0.4, 0.5) is 23.7 Å². The lowest BCUT2D eigenvalue weighted by Crippen LogP contribution is -2.11. The van der Waals surface area contributed by atoms with Crippen molar-refractivity contribution in [2.45, 2.75) is 26.6 Å². The zero-order valence-corrected chi connectivity index (χ0v) is 14.8. The van der Waals surface area contributed by atoms with Crippen LogP contribution in [0.15, 0.2) is 36.4 Å². The van der Waals surface area contributed by atoms with E-state index in [2.05, 4.69) is 5.32 Å². The minimum Gasteiger partial charge on any atom is -0.489 e. The lowest BCUT2D eigenvalue weighted by molar-refractivity contribution is -0.137. The van der Waals surface area contributed by atoms with E-state index in [4.69, 9.17) is 4.74 Å². The maximum absolute atomic E-state index is 13.0. The number of carbonyl (C=O) groups is 1. The van der Waals surface area contributed by atoms with Gasteiger partial charge < -0.3 is 10.1 Å². The molecule has 1 N–H and O–H groups in total. The number of halogens is 3. The second-order valence-electron chi connectivity index (χ2n) is 5.54. The molecule has 0 radical (unpaired) electrons. The van der Waals surface area contributed by atoms with Gasteiger partial charge in [-0.3, -0.25) is 4.79 Å². The second-order valence-corrected chi connectivity index (χ2v) is 6.32. The van der Waals surface area contributed by atoms with Gasteiger partial charge in [-0.15, -0.1) is 0 Å². The summed E-state index contributed by atoms with van der Waals surface area (Å²) in [7, 11) is 0. The van der Waals surface area contributed by atoms with Crippen molar-refractivity contribution < 1.29 is 22.7 Å². The molecule has 1 amide bonds. The average Bonchev–Trinajstić information content (AvgIpc) is 2.54. The summed E-state index contributed by atoms with van der Waals surface area (Å²) in [5.41, 5.74) is 1.74. The van der Waals surface area contributed by atoms with E-state index in [1.54, 1.807) is 12.3 Å². The van der Waals surface area contributed by atoms with E-state index in [0.29, 0.717) is 11.4 Å². The molecule has 7 heteroatoms. The molecule has 2 aromatic rings. The number of ether oxygens (including phenoxy) is 1. The van der Waals surface area contributed by atoms with E-state index in [1.165, 1.54) is 6.07 Å². The van der Waals surface area contributed by atoms with Crippen molar-refractivity contribution in [1.29, 1.82) is 0 Å². The molecule has 0 spiro atoms. The summed E-state index contributed by atoms with van der Waals surface area (Å²) in [6.45, 7) is 3.72. The Bertz CT molecular complexity index is 775. The molecule has 2 rings (SSSR count). The van der Waals surface area contributed by atoms with Crippen LogP contribution in [0.3, 0.4) is 0 Å². The minimum atomic E-state index is -4.46. The van der Waals surface area contributed by atoms with Crippen molar-refractivity contribution in [2.24, 2.45) is 0 Å². The smallest absolute Gasteiger partial charge is 0.416 e. The van der Waals surface area contributed by atoms with Gasteiger partial charge in [-0.2, -0.15) is 13.2 Å². The first-order valence-electron chi connectivity index (χ1n) is 7.46. The molecular weight excluding hydrogens is 351 g/mol. The highest BCUT2D eigenvalue weighted by molar-refractivity contribution is 8.13. The normalized spacial score (nSPS) is 11.3. The van der Waals surface area contributed by atoms with Crippen LogP contribution >= 0.6 is 11.8 Å². The summed E-state index contributed by atoms with van der Waals surface area (Å²) in [5, 5.41) is 2.22. The summed E-state index contributed by atoms with van der Waals surface area (Å²) in [4.78, 5) is 11.6. The number of aryl methyl sites for hydroxylation is 2. The first-order valence-corrected chi connectivity index (χ1v) is 8.68. The molecule has 0 atom stereocenters. The molecule has 0 saturated heterocycles. The highest BCUT2D eigenvalue weighted by Crippen LogP contribution is 2.33. The molecule has 134 valence electrons. The minimum absolute atomic E-state index is 0.0855. The lowest BCUT2D eigenvalue weighted by atomic mass is 10.1.